The van der Waals surface area contributed by atoms with E-state index in [4.69, 9.17) is 4.98 Å². The molecule has 0 unspecified atom stereocenters. The predicted octanol–water partition coefficient (Wildman–Crippen LogP) is 10.8. The Morgan fingerprint density at radius 3 is 2.27 bits per heavy atom. The van der Waals surface area contributed by atoms with Crippen LogP contribution in [0.4, 0.5) is 0 Å². The number of hydrogen-bond donors (Lipinski definition) is 1. The Kier molecular flexibility index (Phi) is 11.8. The number of aromatic nitrogens is 2. The van der Waals surface area contributed by atoms with Crippen molar-refractivity contribution in [2.24, 2.45) is 11.8 Å². The molecule has 45 heavy (non-hydrogen) atoms. The van der Waals surface area contributed by atoms with E-state index >= 15 is 0 Å². The van der Waals surface area contributed by atoms with Gasteiger partial charge in [0.15, 0.2) is 5.78 Å². The molecule has 241 valence electrons. The van der Waals surface area contributed by atoms with Gasteiger partial charge in [-0.3, -0.25) is 9.78 Å². The van der Waals surface area contributed by atoms with E-state index in [1.165, 1.54) is 71.0 Å². The molecule has 0 spiro atoms. The first-order chi connectivity index (χ1) is 21.2. The van der Waals surface area contributed by atoms with Crippen LogP contribution >= 0.6 is 0 Å². The molecule has 2 aliphatic rings. The number of benzene rings is 2. The fraction of sp³-hybridized carbons (Fsp3) is 0.475. The van der Waals surface area contributed by atoms with Gasteiger partial charge in [-0.1, -0.05) is 101 Å². The molecule has 4 nitrogen and oxygen atoms in total. The van der Waals surface area contributed by atoms with E-state index in [1.54, 1.807) is 0 Å². The number of nitrogens with zero attached hydrogens (tertiary/aromatic N) is 2. The van der Waals surface area contributed by atoms with E-state index in [-0.39, 0.29) is 48.9 Å². The average molecular weight is 782 g/mol. The SMILES string of the molecule is CC1(C)c2cc3ccncc3[c-]c2-c2nccc3cc(C4CCCCC4)cc1c23.CCC(CC)C(=O)/C=C(\O)C(CC)CC.[Ir]. The summed E-state index contributed by atoms with van der Waals surface area (Å²) in [6.45, 7) is 12.8. The van der Waals surface area contributed by atoms with Crippen LogP contribution in [0.5, 0.6) is 0 Å². The quantitative estimate of drug-likeness (QED) is 0.110. The Bertz CT molecular complexity index is 1660. The number of fused-ring (bicyclic) bond motifs is 3. The number of aliphatic hydroxyl groups is 1. The summed E-state index contributed by atoms with van der Waals surface area (Å²) < 4.78 is 0. The largest absolute Gasteiger partial charge is 0.512 e. The molecular formula is C40H49IrN2O2-. The zero-order valence-corrected chi connectivity index (χ0v) is 30.3. The zero-order valence-electron chi connectivity index (χ0n) is 27.9. The molecule has 1 radical (unpaired) electrons. The smallest absolute Gasteiger partial charge is 0.162 e. The number of allylic oxidation sites excluding steroid dienone is 2. The predicted molar refractivity (Wildman–Crippen MR) is 183 cm³/mol. The molecule has 0 atom stereocenters. The van der Waals surface area contributed by atoms with Crippen LogP contribution in [0.15, 0.2) is 60.8 Å². The first kappa shape index (κ1) is 35.0. The van der Waals surface area contributed by atoms with Gasteiger partial charge < -0.3 is 10.1 Å². The second kappa shape index (κ2) is 15.1. The van der Waals surface area contributed by atoms with Crippen molar-refractivity contribution in [3.8, 4) is 11.3 Å². The van der Waals surface area contributed by atoms with Gasteiger partial charge in [-0.2, -0.15) is 0 Å². The van der Waals surface area contributed by atoms with Gasteiger partial charge in [0.1, 0.15) is 0 Å². The maximum atomic E-state index is 11.7. The van der Waals surface area contributed by atoms with Crippen molar-refractivity contribution in [2.75, 3.05) is 0 Å². The molecule has 6 rings (SSSR count). The number of pyridine rings is 2. The van der Waals surface area contributed by atoms with Crippen molar-refractivity contribution in [2.45, 2.75) is 111 Å². The Labute approximate surface area is 283 Å². The first-order valence-corrected chi connectivity index (χ1v) is 16.9. The van der Waals surface area contributed by atoms with Crippen LogP contribution in [0.1, 0.15) is 122 Å². The number of carbonyl (C=O) groups is 1. The molecule has 5 heteroatoms. The summed E-state index contributed by atoms with van der Waals surface area (Å²) in [5, 5.41) is 14.7. The van der Waals surface area contributed by atoms with Gasteiger partial charge in [-0.05, 0) is 84.0 Å². The Hall–Kier alpha value is -2.88. The molecular weight excluding hydrogens is 733 g/mol. The van der Waals surface area contributed by atoms with E-state index in [0.717, 1.165) is 42.3 Å². The zero-order chi connectivity index (χ0) is 31.4. The summed E-state index contributed by atoms with van der Waals surface area (Å²) in [5.41, 5.74) is 6.40. The van der Waals surface area contributed by atoms with Crippen molar-refractivity contribution in [1.82, 2.24) is 9.97 Å². The van der Waals surface area contributed by atoms with Crippen molar-refractivity contribution in [3.05, 3.63) is 83.5 Å². The molecule has 1 N–H and O–H groups in total. The molecule has 0 aliphatic heterocycles. The van der Waals surface area contributed by atoms with Gasteiger partial charge >= 0.3 is 0 Å². The molecule has 1 saturated carbocycles. The first-order valence-electron chi connectivity index (χ1n) is 16.9. The Morgan fingerprint density at radius 2 is 1.60 bits per heavy atom. The van der Waals surface area contributed by atoms with Gasteiger partial charge in [0.2, 0.25) is 0 Å². The van der Waals surface area contributed by atoms with Gasteiger partial charge in [0.05, 0.1) is 5.76 Å². The van der Waals surface area contributed by atoms with Crippen LogP contribution in [0.2, 0.25) is 0 Å². The third-order valence-electron chi connectivity index (χ3n) is 10.3. The third kappa shape index (κ3) is 7.10. The molecule has 2 aliphatic carbocycles. The van der Waals surface area contributed by atoms with Crippen molar-refractivity contribution in [1.29, 1.82) is 0 Å². The monoisotopic (exact) mass is 782 g/mol. The normalized spacial score (nSPS) is 15.9. The summed E-state index contributed by atoms with van der Waals surface area (Å²) in [7, 11) is 0. The fourth-order valence-corrected chi connectivity index (χ4v) is 7.36. The number of ketones is 1. The van der Waals surface area contributed by atoms with Crippen molar-refractivity contribution in [3.63, 3.8) is 0 Å². The summed E-state index contributed by atoms with van der Waals surface area (Å²) in [5.74, 6) is 1.25. The minimum atomic E-state index is -0.0811. The second-order valence-electron chi connectivity index (χ2n) is 13.3. The van der Waals surface area contributed by atoms with Gasteiger partial charge in [-0.25, -0.2) is 0 Å². The minimum absolute atomic E-state index is 0. The summed E-state index contributed by atoms with van der Waals surface area (Å²) in [4.78, 5) is 20.9. The molecule has 2 heterocycles. The van der Waals surface area contributed by atoms with Gasteiger partial charge in [0.25, 0.3) is 0 Å². The van der Waals surface area contributed by atoms with Gasteiger partial charge in [0, 0.05) is 56.1 Å². The van der Waals surface area contributed by atoms with E-state index in [0.29, 0.717) is 5.92 Å². The Balaban J connectivity index is 0.000000249. The maximum absolute atomic E-state index is 11.7. The molecule has 1 fully saturated rings. The third-order valence-corrected chi connectivity index (χ3v) is 10.3. The number of carbonyl (C=O) groups excluding carboxylic acids is 1. The average Bonchev–Trinajstić information content (AvgIpc) is 3.04. The van der Waals surface area contributed by atoms with E-state index in [2.05, 4.69) is 55.2 Å². The van der Waals surface area contributed by atoms with Crippen LogP contribution in [-0.4, -0.2) is 20.9 Å². The molecule has 2 aromatic heterocycles. The molecule has 4 aromatic rings. The molecule has 0 bridgehead atoms. The number of rotatable bonds is 8. The molecule has 0 saturated heterocycles. The van der Waals surface area contributed by atoms with Gasteiger partial charge in [-0.15, -0.1) is 12.1 Å². The summed E-state index contributed by atoms with van der Waals surface area (Å²) >= 11 is 0. The number of hydrogen-bond acceptors (Lipinski definition) is 4. The van der Waals surface area contributed by atoms with E-state index in [1.807, 2.05) is 46.3 Å². The fourth-order valence-electron chi connectivity index (χ4n) is 7.36. The molecule has 2 aromatic carbocycles. The van der Waals surface area contributed by atoms with Crippen molar-refractivity contribution >= 4 is 27.3 Å². The maximum Gasteiger partial charge on any atom is 0.162 e. The Morgan fingerprint density at radius 1 is 0.933 bits per heavy atom. The number of aliphatic hydroxyl groups excluding tert-OH is 1. The van der Waals surface area contributed by atoms with Crippen LogP contribution in [0.25, 0.3) is 32.8 Å². The second-order valence-corrected chi connectivity index (χ2v) is 13.3. The van der Waals surface area contributed by atoms with Crippen LogP contribution in [0, 0.1) is 17.9 Å². The topological polar surface area (TPSA) is 63.1 Å². The standard InChI is InChI=1S/C27H25N2.C13H24O2.Ir/c1-27(2)23-14-18-8-10-28-16-21(18)13-22(23)26-25-19(9-11-29-26)12-20(15-24(25)27)17-6-4-3-5-7-17;1-5-10(6-2)12(14)9-13(15)11(7-3)8-4;/h8-12,14-17H,3-7H2,1-2H3;9-11,14H,5-8H2,1-4H3;/q-1;;/b;12-9-;. The van der Waals surface area contributed by atoms with Crippen molar-refractivity contribution < 1.29 is 30.0 Å². The van der Waals surface area contributed by atoms with Crippen LogP contribution in [-0.2, 0) is 30.3 Å². The summed E-state index contributed by atoms with van der Waals surface area (Å²) in [6.07, 6.45) is 17.4. The van der Waals surface area contributed by atoms with E-state index < -0.39 is 0 Å². The minimum Gasteiger partial charge on any atom is -0.512 e. The summed E-state index contributed by atoms with van der Waals surface area (Å²) in [6, 6.07) is 15.2. The van der Waals surface area contributed by atoms with Crippen LogP contribution in [0.3, 0.4) is 0 Å². The van der Waals surface area contributed by atoms with E-state index in [9.17, 15) is 9.90 Å². The van der Waals surface area contributed by atoms with Crippen LogP contribution < -0.4 is 0 Å². The molecule has 0 amide bonds.